The Morgan fingerprint density at radius 1 is 0.889 bits per heavy atom. The lowest BCUT2D eigenvalue weighted by Crippen LogP contribution is -2.28. The fourth-order valence-electron chi connectivity index (χ4n) is 4.80. The Balaban J connectivity index is 1.41. The summed E-state index contributed by atoms with van der Waals surface area (Å²) < 4.78 is 76.2. The second-order valence-corrected chi connectivity index (χ2v) is 12.3. The molecule has 1 unspecified atom stereocenters. The zero-order valence-electron chi connectivity index (χ0n) is 23.5. The van der Waals surface area contributed by atoms with Gasteiger partial charge in [0.15, 0.2) is 5.76 Å². The molecule has 1 heterocycles. The Labute approximate surface area is 262 Å². The van der Waals surface area contributed by atoms with Gasteiger partial charge < -0.3 is 9.84 Å². The smallest absolute Gasteiger partial charge is 0.356 e. The Bertz CT molecular complexity index is 1890. The molecule has 1 amide bonds. The van der Waals surface area contributed by atoms with Gasteiger partial charge in [0.25, 0.3) is 16.0 Å². The summed E-state index contributed by atoms with van der Waals surface area (Å²) in [6.07, 6.45) is -4.16. The number of rotatable bonds is 10. The van der Waals surface area contributed by atoms with E-state index in [-0.39, 0.29) is 12.1 Å². The highest BCUT2D eigenvalue weighted by Gasteiger charge is 2.31. The molecule has 232 valence electrons. The summed E-state index contributed by atoms with van der Waals surface area (Å²) in [6, 6.07) is 28.2. The lowest BCUT2D eigenvalue weighted by molar-refractivity contribution is -0.137. The molecule has 0 aliphatic carbocycles. The minimum absolute atomic E-state index is 0.257. The summed E-state index contributed by atoms with van der Waals surface area (Å²) in [4.78, 5) is 12.4. The molecule has 0 saturated carbocycles. The van der Waals surface area contributed by atoms with E-state index >= 15 is 0 Å². The van der Waals surface area contributed by atoms with Gasteiger partial charge in [-0.15, -0.1) is 0 Å². The molecule has 0 spiro atoms. The number of nitrogens with one attached hydrogen (secondary N) is 1. The average molecular weight is 655 g/mol. The number of nitrogens with zero attached hydrogens (tertiary/aromatic N) is 1. The molecule has 0 fully saturated rings. The lowest BCUT2D eigenvalue weighted by Gasteiger charge is -2.16. The minimum Gasteiger partial charge on any atom is -0.356 e. The van der Waals surface area contributed by atoms with Crippen LogP contribution in [0.25, 0.3) is 22.5 Å². The van der Waals surface area contributed by atoms with Gasteiger partial charge in [-0.1, -0.05) is 71.4 Å². The maximum absolute atomic E-state index is 13.3. The molecule has 45 heavy (non-hydrogen) atoms. The minimum atomic E-state index is -4.48. The van der Waals surface area contributed by atoms with E-state index in [2.05, 4.69) is 10.5 Å². The quantitative estimate of drug-likeness (QED) is 0.150. The van der Waals surface area contributed by atoms with Gasteiger partial charge in [-0.3, -0.25) is 9.35 Å². The number of hydrogen-bond donors (Lipinski definition) is 2. The number of amides is 1. The van der Waals surface area contributed by atoms with Crippen molar-refractivity contribution in [3.8, 4) is 22.5 Å². The van der Waals surface area contributed by atoms with Crippen LogP contribution in [0.2, 0.25) is 5.02 Å². The first kappa shape index (κ1) is 32.0. The fraction of sp³-hybridized carbons (Fsp3) is 0.152. The van der Waals surface area contributed by atoms with Crippen molar-refractivity contribution in [3.63, 3.8) is 0 Å². The zero-order chi connectivity index (χ0) is 32.2. The molecule has 5 aromatic rings. The fourth-order valence-corrected chi connectivity index (χ4v) is 5.29. The van der Waals surface area contributed by atoms with Gasteiger partial charge in [0.1, 0.15) is 0 Å². The van der Waals surface area contributed by atoms with Crippen molar-refractivity contribution in [2.75, 3.05) is 12.3 Å². The lowest BCUT2D eigenvalue weighted by atomic mass is 9.88. The van der Waals surface area contributed by atoms with Crippen LogP contribution in [0.15, 0.2) is 108 Å². The van der Waals surface area contributed by atoms with Crippen LogP contribution in [0.1, 0.15) is 38.7 Å². The van der Waals surface area contributed by atoms with E-state index in [0.29, 0.717) is 28.5 Å². The number of benzene rings is 4. The standard InChI is InChI=1S/C33H26ClF3N2O5S/c34-28-14-10-22(11-15-28)25-2-1-3-26(19-25)31-20-30(39-44-31)29(23-8-12-27(13-9-23)33(35,36)37)18-21-4-6-24(7-5-21)32(40)38-16-17-45(41,42)43/h1-15,19-20,29H,16-18H2,(H,38,40)(H,41,42,43). The molecule has 12 heteroatoms. The van der Waals surface area contributed by atoms with Crippen molar-refractivity contribution in [1.82, 2.24) is 10.5 Å². The maximum atomic E-state index is 13.3. The van der Waals surface area contributed by atoms with Crippen LogP contribution >= 0.6 is 11.6 Å². The van der Waals surface area contributed by atoms with Crippen LogP contribution in [0, 0.1) is 0 Å². The van der Waals surface area contributed by atoms with Crippen molar-refractivity contribution < 1.29 is 35.5 Å². The predicted octanol–water partition coefficient (Wildman–Crippen LogP) is 7.67. The van der Waals surface area contributed by atoms with Crippen LogP contribution in [-0.2, 0) is 22.7 Å². The van der Waals surface area contributed by atoms with Crippen LogP contribution < -0.4 is 5.32 Å². The molecular formula is C33H26ClF3N2O5S. The van der Waals surface area contributed by atoms with Gasteiger partial charge in [-0.25, -0.2) is 0 Å². The second kappa shape index (κ2) is 13.3. The first-order valence-electron chi connectivity index (χ1n) is 13.7. The van der Waals surface area contributed by atoms with Gasteiger partial charge in [-0.05, 0) is 71.1 Å². The van der Waals surface area contributed by atoms with Crippen molar-refractivity contribution in [1.29, 1.82) is 0 Å². The van der Waals surface area contributed by atoms with E-state index in [1.165, 1.54) is 12.1 Å². The highest BCUT2D eigenvalue weighted by Crippen LogP contribution is 2.35. The topological polar surface area (TPSA) is 110 Å². The number of hydrogen-bond acceptors (Lipinski definition) is 5. The molecule has 0 bridgehead atoms. The number of alkyl halides is 3. The third-order valence-electron chi connectivity index (χ3n) is 7.15. The predicted molar refractivity (Wildman–Crippen MR) is 165 cm³/mol. The normalized spacial score (nSPS) is 12.6. The second-order valence-electron chi connectivity index (χ2n) is 10.3. The Kier molecular flexibility index (Phi) is 9.42. The summed E-state index contributed by atoms with van der Waals surface area (Å²) in [5.41, 5.74) is 4.01. The first-order chi connectivity index (χ1) is 21.4. The van der Waals surface area contributed by atoms with Crippen molar-refractivity contribution in [2.45, 2.75) is 18.5 Å². The summed E-state index contributed by atoms with van der Waals surface area (Å²) in [7, 11) is -4.21. The zero-order valence-corrected chi connectivity index (χ0v) is 25.0. The van der Waals surface area contributed by atoms with E-state index in [1.807, 2.05) is 36.4 Å². The third-order valence-corrected chi connectivity index (χ3v) is 8.12. The highest BCUT2D eigenvalue weighted by atomic mass is 35.5. The van der Waals surface area contributed by atoms with E-state index in [1.54, 1.807) is 42.5 Å². The molecule has 1 atom stereocenters. The summed E-state index contributed by atoms with van der Waals surface area (Å²) in [6.45, 7) is -0.257. The summed E-state index contributed by atoms with van der Waals surface area (Å²) in [5.74, 6) is -1.14. The van der Waals surface area contributed by atoms with Crippen LogP contribution in [0.5, 0.6) is 0 Å². The number of carbonyl (C=O) groups excluding carboxylic acids is 1. The Morgan fingerprint density at radius 3 is 2.20 bits per heavy atom. The Hall–Kier alpha value is -4.45. The molecular weight excluding hydrogens is 629 g/mol. The maximum Gasteiger partial charge on any atom is 0.416 e. The van der Waals surface area contributed by atoms with E-state index < -0.39 is 39.4 Å². The summed E-state index contributed by atoms with van der Waals surface area (Å²) in [5, 5.41) is 7.35. The van der Waals surface area contributed by atoms with Crippen LogP contribution in [0.3, 0.4) is 0 Å². The number of halogens is 4. The Morgan fingerprint density at radius 2 is 1.56 bits per heavy atom. The van der Waals surface area contributed by atoms with Crippen LogP contribution in [-0.4, -0.2) is 36.3 Å². The third kappa shape index (κ3) is 8.39. The number of carbonyl (C=O) groups is 1. The molecule has 0 aliphatic rings. The van der Waals surface area contributed by atoms with Gasteiger partial charge in [0.05, 0.1) is 17.0 Å². The molecule has 5 rings (SSSR count). The van der Waals surface area contributed by atoms with Crippen molar-refractivity contribution in [2.24, 2.45) is 0 Å². The van der Waals surface area contributed by atoms with E-state index in [0.717, 1.165) is 34.4 Å². The van der Waals surface area contributed by atoms with Gasteiger partial charge >= 0.3 is 6.18 Å². The molecule has 0 saturated heterocycles. The summed E-state index contributed by atoms with van der Waals surface area (Å²) >= 11 is 6.03. The monoisotopic (exact) mass is 654 g/mol. The van der Waals surface area contributed by atoms with Gasteiger partial charge in [0, 0.05) is 34.7 Å². The molecule has 0 radical (unpaired) electrons. The molecule has 2 N–H and O–H groups in total. The molecule has 4 aromatic carbocycles. The number of aromatic nitrogens is 1. The van der Waals surface area contributed by atoms with Gasteiger partial charge in [-0.2, -0.15) is 21.6 Å². The first-order valence-corrected chi connectivity index (χ1v) is 15.7. The van der Waals surface area contributed by atoms with E-state index in [4.69, 9.17) is 20.7 Å². The average Bonchev–Trinajstić information content (AvgIpc) is 3.50. The van der Waals surface area contributed by atoms with Crippen molar-refractivity contribution in [3.05, 3.63) is 136 Å². The van der Waals surface area contributed by atoms with Crippen molar-refractivity contribution >= 4 is 27.6 Å². The largest absolute Gasteiger partial charge is 0.416 e. The molecule has 1 aromatic heterocycles. The highest BCUT2D eigenvalue weighted by molar-refractivity contribution is 7.85. The molecule has 7 nitrogen and oxygen atoms in total. The van der Waals surface area contributed by atoms with E-state index in [9.17, 15) is 26.4 Å². The van der Waals surface area contributed by atoms with Gasteiger partial charge in [0.2, 0.25) is 0 Å². The molecule has 0 aliphatic heterocycles. The van der Waals surface area contributed by atoms with Crippen LogP contribution in [0.4, 0.5) is 13.2 Å². The SMILES string of the molecule is O=C(NCCS(=O)(=O)O)c1ccc(CC(c2ccc(C(F)(F)F)cc2)c2cc(-c3cccc(-c4ccc(Cl)cc4)c3)on2)cc1.